The highest BCUT2D eigenvalue weighted by atomic mass is 19.1. The number of likely N-dealkylation sites (N-methyl/N-ethyl adjacent to an activating group) is 1. The Morgan fingerprint density at radius 1 is 1.16 bits per heavy atom. The number of piperidine rings is 1. The Kier molecular flexibility index (Phi) is 6.43. The molecule has 0 saturated carbocycles. The number of amides is 3. The van der Waals surface area contributed by atoms with Crippen molar-refractivity contribution in [2.45, 2.75) is 81.5 Å². The number of likely N-dealkylation sites (tertiary alicyclic amines) is 1. The first-order valence-electron chi connectivity index (χ1n) is 15.9. The van der Waals surface area contributed by atoms with E-state index >= 15 is 0 Å². The van der Waals surface area contributed by atoms with Gasteiger partial charge in [0, 0.05) is 43.1 Å². The highest BCUT2D eigenvalue weighted by Gasteiger charge is 2.70. The number of rotatable bonds is 5. The molecule has 11 heteroatoms. The molecule has 3 aromatic rings. The first kappa shape index (κ1) is 28.7. The number of benzene rings is 2. The van der Waals surface area contributed by atoms with Crippen molar-refractivity contribution in [2.24, 2.45) is 5.92 Å². The van der Waals surface area contributed by atoms with Crippen molar-refractivity contribution in [3.05, 3.63) is 71.4 Å². The molecule has 0 radical (unpaired) electrons. The monoisotopic (exact) mass is 615 g/mol. The molecule has 45 heavy (non-hydrogen) atoms. The van der Waals surface area contributed by atoms with Gasteiger partial charge in [-0.3, -0.25) is 24.0 Å². The molecule has 5 aliphatic rings. The Morgan fingerprint density at radius 3 is 2.73 bits per heavy atom. The Morgan fingerprint density at radius 2 is 1.96 bits per heavy atom. The Labute approximate surface area is 260 Å². The number of carbonyl (C=O) groups excluding carboxylic acids is 3. The number of aromatic nitrogens is 1. The van der Waals surface area contributed by atoms with Crippen LogP contribution >= 0.6 is 0 Å². The number of alkyl halides is 1. The summed E-state index contributed by atoms with van der Waals surface area (Å²) in [6.45, 7) is 1.84. The average molecular weight is 616 g/mol. The molecule has 2 aromatic carbocycles. The van der Waals surface area contributed by atoms with Crippen molar-refractivity contribution >= 4 is 28.6 Å². The summed E-state index contributed by atoms with van der Waals surface area (Å²) in [4.78, 5) is 47.0. The summed E-state index contributed by atoms with van der Waals surface area (Å²) in [5, 5.41) is 16.0. The van der Waals surface area contributed by atoms with Crippen LogP contribution in [0, 0.1) is 5.92 Å². The maximum Gasteiger partial charge on any atom is 0.280 e. The molecule has 0 bridgehead atoms. The number of hydrogen-bond acceptors (Lipinski definition) is 6. The van der Waals surface area contributed by atoms with E-state index in [0.29, 0.717) is 32.4 Å². The van der Waals surface area contributed by atoms with Gasteiger partial charge in [-0.15, -0.1) is 0 Å². The van der Waals surface area contributed by atoms with Crippen LogP contribution < -0.4 is 5.32 Å². The van der Waals surface area contributed by atoms with Gasteiger partial charge in [-0.05, 0) is 62.4 Å². The number of fused-ring (bicyclic) bond motifs is 5. The van der Waals surface area contributed by atoms with Gasteiger partial charge in [0.2, 0.25) is 17.5 Å². The second-order valence-electron chi connectivity index (χ2n) is 13.6. The molecule has 236 valence electrons. The zero-order valence-electron chi connectivity index (χ0n) is 25.5. The second-order valence-corrected chi connectivity index (χ2v) is 13.6. The van der Waals surface area contributed by atoms with E-state index in [0.717, 1.165) is 34.0 Å². The van der Waals surface area contributed by atoms with Crippen LogP contribution in [0.2, 0.25) is 0 Å². The SMILES string of the molecule is CN1C[C@H](C(=O)N[C@]2(C)O[C@@]3(O)[C@@H]4CCCN4C(=O)[C@H](Cc4ccccc4)N3C2=O)C[C@@H]2c3cccc4c3c(cn4CF)C[C@H]21. The van der Waals surface area contributed by atoms with Crippen LogP contribution in [0.25, 0.3) is 10.9 Å². The van der Waals surface area contributed by atoms with Gasteiger partial charge in [0.1, 0.15) is 12.1 Å². The van der Waals surface area contributed by atoms with Crippen LogP contribution in [-0.4, -0.2) is 92.0 Å². The third-order valence-electron chi connectivity index (χ3n) is 10.9. The fraction of sp³-hybridized carbons (Fsp3) is 0.500. The van der Waals surface area contributed by atoms with Crippen molar-refractivity contribution in [3.63, 3.8) is 0 Å². The van der Waals surface area contributed by atoms with Gasteiger partial charge in [-0.25, -0.2) is 4.39 Å². The Hall–Kier alpha value is -3.80. The maximum absolute atomic E-state index is 14.2. The third kappa shape index (κ3) is 4.13. The van der Waals surface area contributed by atoms with Crippen molar-refractivity contribution < 1.29 is 28.6 Å². The van der Waals surface area contributed by atoms with Crippen LogP contribution in [0.15, 0.2) is 54.7 Å². The maximum atomic E-state index is 14.2. The minimum absolute atomic E-state index is 0.0506. The van der Waals surface area contributed by atoms with Gasteiger partial charge >= 0.3 is 0 Å². The highest BCUT2D eigenvalue weighted by Crippen LogP contribution is 2.47. The van der Waals surface area contributed by atoms with Gasteiger partial charge in [-0.1, -0.05) is 42.5 Å². The standard InChI is InChI=1S/C34H38FN5O5/c1-33(32(43)40-27(14-20-8-4-3-5-9-20)31(42)39-13-7-12-28(39)34(40,44)45-33)36-30(41)22-15-24-23-10-6-11-25-29(23)21(18-38(25)19-35)16-26(24)37(2)17-22/h3-6,8-11,18,22,24,26-28,44H,7,12-17,19H2,1-2H3,(H,36,41)/t22-,24-,26-,27+,28+,33-,34+/m1/s1. The predicted molar refractivity (Wildman–Crippen MR) is 162 cm³/mol. The lowest BCUT2D eigenvalue weighted by Gasteiger charge is -2.48. The van der Waals surface area contributed by atoms with E-state index in [1.54, 1.807) is 9.47 Å². The smallest absolute Gasteiger partial charge is 0.280 e. The van der Waals surface area contributed by atoms with Gasteiger partial charge in [0.15, 0.2) is 6.80 Å². The van der Waals surface area contributed by atoms with Crippen molar-refractivity contribution in [1.29, 1.82) is 0 Å². The lowest BCUT2D eigenvalue weighted by Crippen LogP contribution is -2.71. The minimum atomic E-state index is -2.06. The van der Waals surface area contributed by atoms with Crippen LogP contribution in [-0.2, 0) is 38.8 Å². The first-order valence-corrected chi connectivity index (χ1v) is 15.9. The van der Waals surface area contributed by atoms with E-state index < -0.39 is 42.3 Å². The first-order chi connectivity index (χ1) is 21.6. The van der Waals surface area contributed by atoms with Crippen LogP contribution in [0.3, 0.4) is 0 Å². The molecule has 4 saturated heterocycles. The van der Waals surface area contributed by atoms with Crippen LogP contribution in [0.1, 0.15) is 48.8 Å². The second kappa shape index (κ2) is 10.1. The molecule has 7 atom stereocenters. The fourth-order valence-corrected chi connectivity index (χ4v) is 8.92. The number of nitrogens with one attached hydrogen (secondary N) is 1. The summed E-state index contributed by atoms with van der Waals surface area (Å²) in [5.41, 5.74) is 2.10. The summed E-state index contributed by atoms with van der Waals surface area (Å²) in [6.07, 6.45) is 4.63. The van der Waals surface area contributed by atoms with Gasteiger partial charge in [0.25, 0.3) is 11.8 Å². The molecule has 8 rings (SSSR count). The normalized spacial score (nSPS) is 34.2. The Balaban J connectivity index is 1.08. The molecule has 4 aliphatic heterocycles. The minimum Gasteiger partial charge on any atom is -0.347 e. The number of carbonyl (C=O) groups is 3. The number of ether oxygens (including phenoxy) is 1. The molecular weight excluding hydrogens is 577 g/mol. The van der Waals surface area contributed by atoms with Gasteiger partial charge in [-0.2, -0.15) is 0 Å². The lowest BCUT2D eigenvalue weighted by molar-refractivity contribution is -0.315. The number of halogens is 1. The van der Waals surface area contributed by atoms with Crippen LogP contribution in [0.5, 0.6) is 0 Å². The topological polar surface area (TPSA) is 107 Å². The summed E-state index contributed by atoms with van der Waals surface area (Å²) in [6, 6.07) is 13.8. The summed E-state index contributed by atoms with van der Waals surface area (Å²) >= 11 is 0. The van der Waals surface area contributed by atoms with E-state index in [1.807, 2.05) is 55.7 Å². The van der Waals surface area contributed by atoms with Crippen molar-refractivity contribution in [2.75, 3.05) is 20.1 Å². The molecule has 3 amide bonds. The molecule has 0 spiro atoms. The third-order valence-corrected chi connectivity index (χ3v) is 10.9. The summed E-state index contributed by atoms with van der Waals surface area (Å²) in [7, 11) is 2.00. The zero-order chi connectivity index (χ0) is 31.2. The highest BCUT2D eigenvalue weighted by molar-refractivity contribution is 5.97. The quantitative estimate of drug-likeness (QED) is 0.457. The van der Waals surface area contributed by atoms with E-state index in [1.165, 1.54) is 11.8 Å². The molecule has 10 nitrogen and oxygen atoms in total. The van der Waals surface area contributed by atoms with E-state index in [2.05, 4.69) is 16.3 Å². The van der Waals surface area contributed by atoms with Gasteiger partial charge in [0.05, 0.1) is 11.4 Å². The molecule has 5 heterocycles. The number of hydrogen-bond donors (Lipinski definition) is 2. The molecule has 2 N–H and O–H groups in total. The summed E-state index contributed by atoms with van der Waals surface area (Å²) in [5.74, 6) is -3.65. The van der Waals surface area contributed by atoms with E-state index in [4.69, 9.17) is 4.74 Å². The van der Waals surface area contributed by atoms with Crippen molar-refractivity contribution in [1.82, 2.24) is 24.6 Å². The van der Waals surface area contributed by atoms with E-state index in [9.17, 15) is 23.9 Å². The number of aliphatic hydroxyl groups is 1. The predicted octanol–water partition coefficient (Wildman–Crippen LogP) is 2.48. The fourth-order valence-electron chi connectivity index (χ4n) is 8.92. The zero-order valence-corrected chi connectivity index (χ0v) is 25.5. The molecular formula is C34H38FN5O5. The van der Waals surface area contributed by atoms with Gasteiger partial charge < -0.3 is 24.8 Å². The molecule has 0 unspecified atom stereocenters. The van der Waals surface area contributed by atoms with Crippen LogP contribution in [0.4, 0.5) is 4.39 Å². The largest absolute Gasteiger partial charge is 0.347 e. The lowest BCUT2D eigenvalue weighted by atomic mass is 9.72. The molecule has 1 aromatic heterocycles. The number of piperazine rings is 1. The average Bonchev–Trinajstić information content (AvgIpc) is 3.72. The summed E-state index contributed by atoms with van der Waals surface area (Å²) < 4.78 is 21.7. The Bertz CT molecular complexity index is 1710. The number of nitrogens with zero attached hydrogens (tertiary/aromatic N) is 4. The van der Waals surface area contributed by atoms with E-state index in [-0.39, 0.29) is 30.2 Å². The molecule has 4 fully saturated rings. The van der Waals surface area contributed by atoms with Crippen molar-refractivity contribution in [3.8, 4) is 0 Å². The molecule has 1 aliphatic carbocycles.